The zero-order valence-electron chi connectivity index (χ0n) is 12.6. The standard InChI is InChI=1S/C17H22N2O/c1-11-7-12(2)18-16(8-11)19-6-5-13-14(19)9-17(3,4)10-15(13)20/h5-8,15,20H,9-10H2,1-4H3. The van der Waals surface area contributed by atoms with E-state index >= 15 is 0 Å². The number of hydrogen-bond donors (Lipinski definition) is 1. The first-order chi connectivity index (χ1) is 9.35. The molecule has 0 fully saturated rings. The minimum absolute atomic E-state index is 0.126. The van der Waals surface area contributed by atoms with Gasteiger partial charge in [0.15, 0.2) is 0 Å². The van der Waals surface area contributed by atoms with Crippen LogP contribution in [0.1, 0.15) is 48.9 Å². The Morgan fingerprint density at radius 3 is 2.75 bits per heavy atom. The van der Waals surface area contributed by atoms with Crippen LogP contribution in [0.15, 0.2) is 24.4 Å². The van der Waals surface area contributed by atoms with Gasteiger partial charge in [0.1, 0.15) is 5.82 Å². The summed E-state index contributed by atoms with van der Waals surface area (Å²) < 4.78 is 2.14. The molecule has 3 nitrogen and oxygen atoms in total. The minimum Gasteiger partial charge on any atom is -0.388 e. The van der Waals surface area contributed by atoms with E-state index in [2.05, 4.69) is 42.5 Å². The first-order valence-electron chi connectivity index (χ1n) is 7.20. The van der Waals surface area contributed by atoms with Gasteiger partial charge in [0, 0.05) is 23.1 Å². The van der Waals surface area contributed by atoms with Gasteiger partial charge < -0.3 is 9.67 Å². The van der Waals surface area contributed by atoms with Crippen LogP contribution in [0.2, 0.25) is 0 Å². The molecule has 1 aliphatic rings. The number of rotatable bonds is 1. The fraction of sp³-hybridized carbons (Fsp3) is 0.471. The van der Waals surface area contributed by atoms with Crippen LogP contribution in [0.4, 0.5) is 0 Å². The molecule has 1 aliphatic carbocycles. The summed E-state index contributed by atoms with van der Waals surface area (Å²) in [5.41, 5.74) is 4.63. The third-order valence-electron chi connectivity index (χ3n) is 4.11. The Labute approximate surface area is 120 Å². The number of nitrogens with zero attached hydrogens (tertiary/aromatic N) is 2. The highest BCUT2D eigenvalue weighted by molar-refractivity contribution is 5.39. The number of aliphatic hydroxyl groups excluding tert-OH is 1. The summed E-state index contributed by atoms with van der Waals surface area (Å²) in [7, 11) is 0. The summed E-state index contributed by atoms with van der Waals surface area (Å²) in [6.45, 7) is 8.54. The van der Waals surface area contributed by atoms with Gasteiger partial charge in [-0.2, -0.15) is 0 Å². The molecule has 0 aliphatic heterocycles. The van der Waals surface area contributed by atoms with Crippen molar-refractivity contribution in [2.24, 2.45) is 5.41 Å². The first kappa shape index (κ1) is 13.4. The van der Waals surface area contributed by atoms with Gasteiger partial charge in [-0.15, -0.1) is 0 Å². The van der Waals surface area contributed by atoms with Gasteiger partial charge in [-0.3, -0.25) is 0 Å². The van der Waals surface area contributed by atoms with Crippen LogP contribution in [0.25, 0.3) is 5.82 Å². The van der Waals surface area contributed by atoms with Gasteiger partial charge in [0.25, 0.3) is 0 Å². The van der Waals surface area contributed by atoms with E-state index in [4.69, 9.17) is 0 Å². The maximum Gasteiger partial charge on any atom is 0.137 e. The molecule has 2 aromatic rings. The quantitative estimate of drug-likeness (QED) is 0.861. The van der Waals surface area contributed by atoms with Gasteiger partial charge in [-0.1, -0.05) is 13.8 Å². The van der Waals surface area contributed by atoms with E-state index in [1.54, 1.807) is 0 Å². The number of aliphatic hydroxyl groups is 1. The molecule has 0 aromatic carbocycles. The van der Waals surface area contributed by atoms with Crippen molar-refractivity contribution >= 4 is 0 Å². The lowest BCUT2D eigenvalue weighted by molar-refractivity contribution is 0.0986. The van der Waals surface area contributed by atoms with E-state index in [0.29, 0.717) is 0 Å². The van der Waals surface area contributed by atoms with Crippen molar-refractivity contribution < 1.29 is 5.11 Å². The summed E-state index contributed by atoms with van der Waals surface area (Å²) in [5, 5.41) is 10.3. The molecular formula is C17H22N2O. The van der Waals surface area contributed by atoms with E-state index in [9.17, 15) is 5.11 Å². The molecule has 0 radical (unpaired) electrons. The molecule has 1 unspecified atom stereocenters. The van der Waals surface area contributed by atoms with Crippen molar-refractivity contribution in [1.82, 2.24) is 9.55 Å². The van der Waals surface area contributed by atoms with Crippen molar-refractivity contribution in [1.29, 1.82) is 0 Å². The SMILES string of the molecule is Cc1cc(C)nc(-n2ccc3c2CC(C)(C)CC3O)c1. The normalized spacial score (nSPS) is 20.8. The van der Waals surface area contributed by atoms with Crippen molar-refractivity contribution in [3.05, 3.63) is 46.9 Å². The maximum atomic E-state index is 10.3. The average Bonchev–Trinajstić information content (AvgIpc) is 2.69. The fourth-order valence-electron chi connectivity index (χ4n) is 3.29. The van der Waals surface area contributed by atoms with E-state index in [1.807, 2.05) is 19.2 Å². The molecule has 20 heavy (non-hydrogen) atoms. The molecule has 0 amide bonds. The average molecular weight is 270 g/mol. The van der Waals surface area contributed by atoms with Gasteiger partial charge >= 0.3 is 0 Å². The Bertz CT molecular complexity index is 635. The Morgan fingerprint density at radius 1 is 1.30 bits per heavy atom. The lowest BCUT2D eigenvalue weighted by Gasteiger charge is -2.33. The lowest BCUT2D eigenvalue weighted by Crippen LogP contribution is -2.26. The van der Waals surface area contributed by atoms with Crippen molar-refractivity contribution in [3.63, 3.8) is 0 Å². The summed E-state index contributed by atoms with van der Waals surface area (Å²) in [4.78, 5) is 4.64. The highest BCUT2D eigenvalue weighted by atomic mass is 16.3. The highest BCUT2D eigenvalue weighted by Crippen LogP contribution is 2.41. The Kier molecular flexibility index (Phi) is 2.98. The number of fused-ring (bicyclic) bond motifs is 1. The van der Waals surface area contributed by atoms with Crippen LogP contribution in [-0.2, 0) is 6.42 Å². The van der Waals surface area contributed by atoms with Crippen molar-refractivity contribution in [3.8, 4) is 5.82 Å². The molecule has 1 N–H and O–H groups in total. The second-order valence-corrected chi connectivity index (χ2v) is 6.79. The van der Waals surface area contributed by atoms with E-state index in [0.717, 1.165) is 29.9 Å². The summed E-state index contributed by atoms with van der Waals surface area (Å²) in [5.74, 6) is 0.952. The molecule has 2 heterocycles. The molecule has 0 saturated carbocycles. The molecule has 3 heteroatoms. The predicted octanol–water partition coefficient (Wildman–Crippen LogP) is 3.49. The van der Waals surface area contributed by atoms with E-state index in [-0.39, 0.29) is 11.5 Å². The van der Waals surface area contributed by atoms with Crippen molar-refractivity contribution in [2.45, 2.75) is 46.6 Å². The minimum atomic E-state index is -0.360. The second-order valence-electron chi connectivity index (χ2n) is 6.79. The van der Waals surface area contributed by atoms with Crippen LogP contribution in [0.3, 0.4) is 0 Å². The Balaban J connectivity index is 2.13. The molecule has 3 rings (SSSR count). The zero-order chi connectivity index (χ0) is 14.5. The number of aryl methyl sites for hydroxylation is 2. The lowest BCUT2D eigenvalue weighted by atomic mass is 9.75. The van der Waals surface area contributed by atoms with Crippen LogP contribution in [-0.4, -0.2) is 14.7 Å². The van der Waals surface area contributed by atoms with Crippen LogP contribution < -0.4 is 0 Å². The summed E-state index contributed by atoms with van der Waals surface area (Å²) in [6, 6.07) is 6.22. The fourth-order valence-corrected chi connectivity index (χ4v) is 3.29. The molecule has 106 valence electrons. The molecule has 2 aromatic heterocycles. The first-order valence-corrected chi connectivity index (χ1v) is 7.20. The number of pyridine rings is 1. The second kappa shape index (κ2) is 4.45. The summed E-state index contributed by atoms with van der Waals surface area (Å²) >= 11 is 0. The van der Waals surface area contributed by atoms with Gasteiger partial charge in [0.05, 0.1) is 6.10 Å². The molecular weight excluding hydrogens is 248 g/mol. The zero-order valence-corrected chi connectivity index (χ0v) is 12.6. The Hall–Kier alpha value is -1.61. The van der Waals surface area contributed by atoms with Gasteiger partial charge in [-0.05, 0) is 55.9 Å². The van der Waals surface area contributed by atoms with Gasteiger partial charge in [-0.25, -0.2) is 4.98 Å². The monoisotopic (exact) mass is 270 g/mol. The third-order valence-corrected chi connectivity index (χ3v) is 4.11. The Morgan fingerprint density at radius 2 is 2.05 bits per heavy atom. The maximum absolute atomic E-state index is 10.3. The molecule has 0 bridgehead atoms. The van der Waals surface area contributed by atoms with Crippen LogP contribution in [0, 0.1) is 19.3 Å². The van der Waals surface area contributed by atoms with Crippen molar-refractivity contribution in [2.75, 3.05) is 0 Å². The highest BCUT2D eigenvalue weighted by Gasteiger charge is 2.33. The molecule has 0 spiro atoms. The number of aromatic nitrogens is 2. The van der Waals surface area contributed by atoms with Gasteiger partial charge in [0.2, 0.25) is 0 Å². The van der Waals surface area contributed by atoms with E-state index < -0.39 is 0 Å². The van der Waals surface area contributed by atoms with Crippen LogP contribution >= 0.6 is 0 Å². The largest absolute Gasteiger partial charge is 0.388 e. The summed E-state index contributed by atoms with van der Waals surface area (Å²) in [6.07, 6.45) is 3.47. The number of hydrogen-bond acceptors (Lipinski definition) is 2. The van der Waals surface area contributed by atoms with E-state index in [1.165, 1.54) is 11.3 Å². The smallest absolute Gasteiger partial charge is 0.137 e. The van der Waals surface area contributed by atoms with Crippen LogP contribution in [0.5, 0.6) is 0 Å². The predicted molar refractivity (Wildman–Crippen MR) is 80.1 cm³/mol. The third kappa shape index (κ3) is 2.27. The molecule has 1 atom stereocenters. The topological polar surface area (TPSA) is 38.0 Å². The molecule has 0 saturated heterocycles.